The predicted octanol–water partition coefficient (Wildman–Crippen LogP) is 2.25. The standard InChI is InChI=1S/C12H12ClNO4S/c1-7(17-2)18-10(15)6-14-11-8(13)4-3-5-9(11)19-12(14)16/h3-5,7H,6H2,1-2H3/t7-/m1/s1. The topological polar surface area (TPSA) is 57.5 Å². The van der Waals surface area contributed by atoms with E-state index in [1.54, 1.807) is 25.1 Å². The summed E-state index contributed by atoms with van der Waals surface area (Å²) in [7, 11) is 1.43. The molecule has 5 nitrogen and oxygen atoms in total. The Kier molecular flexibility index (Phi) is 4.24. The highest BCUT2D eigenvalue weighted by Gasteiger charge is 2.15. The Hall–Kier alpha value is -1.37. The largest absolute Gasteiger partial charge is 0.435 e. The van der Waals surface area contributed by atoms with Crippen molar-refractivity contribution < 1.29 is 14.3 Å². The van der Waals surface area contributed by atoms with Gasteiger partial charge in [0.05, 0.1) is 15.2 Å². The zero-order chi connectivity index (χ0) is 14.0. The van der Waals surface area contributed by atoms with E-state index in [1.165, 1.54) is 11.7 Å². The van der Waals surface area contributed by atoms with Crippen molar-refractivity contribution in [2.45, 2.75) is 19.8 Å². The third-order valence-electron chi connectivity index (χ3n) is 2.55. The van der Waals surface area contributed by atoms with Crippen molar-refractivity contribution in [1.82, 2.24) is 4.57 Å². The average Bonchev–Trinajstić information content (AvgIpc) is 2.67. The number of aromatic nitrogens is 1. The molecule has 0 amide bonds. The number of thiazole rings is 1. The van der Waals surface area contributed by atoms with Gasteiger partial charge in [0.15, 0.2) is 6.29 Å². The molecule has 0 spiro atoms. The molecule has 2 aromatic rings. The Labute approximate surface area is 118 Å². The fourth-order valence-electron chi connectivity index (χ4n) is 1.62. The molecule has 1 aromatic heterocycles. The number of fused-ring (bicyclic) bond motifs is 1. The molecule has 0 saturated heterocycles. The van der Waals surface area contributed by atoms with Crippen molar-refractivity contribution in [1.29, 1.82) is 0 Å². The number of para-hydroxylation sites is 1. The van der Waals surface area contributed by atoms with Gasteiger partial charge in [-0.1, -0.05) is 29.0 Å². The predicted molar refractivity (Wildman–Crippen MR) is 73.7 cm³/mol. The van der Waals surface area contributed by atoms with E-state index in [0.717, 1.165) is 16.0 Å². The smallest absolute Gasteiger partial charge is 0.328 e. The van der Waals surface area contributed by atoms with Crippen molar-refractivity contribution in [2.24, 2.45) is 0 Å². The van der Waals surface area contributed by atoms with E-state index in [4.69, 9.17) is 21.1 Å². The van der Waals surface area contributed by atoms with Crippen LogP contribution in [0.2, 0.25) is 5.02 Å². The van der Waals surface area contributed by atoms with Crippen molar-refractivity contribution in [2.75, 3.05) is 7.11 Å². The van der Waals surface area contributed by atoms with Gasteiger partial charge >= 0.3 is 10.8 Å². The van der Waals surface area contributed by atoms with Gasteiger partial charge in [-0.15, -0.1) is 0 Å². The summed E-state index contributed by atoms with van der Waals surface area (Å²) in [5.74, 6) is -0.545. The second kappa shape index (κ2) is 5.73. The van der Waals surface area contributed by atoms with Crippen molar-refractivity contribution in [3.05, 3.63) is 32.9 Å². The zero-order valence-corrected chi connectivity index (χ0v) is 12.0. The van der Waals surface area contributed by atoms with Crippen LogP contribution in [0.15, 0.2) is 23.0 Å². The van der Waals surface area contributed by atoms with Crippen LogP contribution in [-0.4, -0.2) is 23.9 Å². The molecular weight excluding hydrogens is 290 g/mol. The number of benzene rings is 1. The lowest BCUT2D eigenvalue weighted by Gasteiger charge is -2.11. The molecule has 0 unspecified atom stereocenters. The summed E-state index contributed by atoms with van der Waals surface area (Å²) in [6.07, 6.45) is -0.649. The van der Waals surface area contributed by atoms with Crippen molar-refractivity contribution in [3.63, 3.8) is 0 Å². The highest BCUT2D eigenvalue weighted by Crippen LogP contribution is 2.25. The van der Waals surface area contributed by atoms with Crippen LogP contribution in [0.25, 0.3) is 10.2 Å². The second-order valence-corrected chi connectivity index (χ2v) is 5.23. The summed E-state index contributed by atoms with van der Waals surface area (Å²) < 4.78 is 11.8. The Bertz CT molecular complexity index is 663. The quantitative estimate of drug-likeness (QED) is 0.642. The van der Waals surface area contributed by atoms with Crippen LogP contribution in [0.1, 0.15) is 6.92 Å². The van der Waals surface area contributed by atoms with E-state index >= 15 is 0 Å². The van der Waals surface area contributed by atoms with Gasteiger partial charge in [0.1, 0.15) is 6.54 Å². The fraction of sp³-hybridized carbons (Fsp3) is 0.333. The summed E-state index contributed by atoms with van der Waals surface area (Å²) >= 11 is 7.11. The van der Waals surface area contributed by atoms with Crippen LogP contribution in [-0.2, 0) is 20.8 Å². The van der Waals surface area contributed by atoms with Gasteiger partial charge in [-0.3, -0.25) is 14.2 Å². The number of methoxy groups -OCH3 is 1. The minimum absolute atomic E-state index is 0.184. The first-order valence-corrected chi connectivity index (χ1v) is 6.72. The number of nitrogens with zero attached hydrogens (tertiary/aromatic N) is 1. The Balaban J connectivity index is 2.33. The van der Waals surface area contributed by atoms with Gasteiger partial charge < -0.3 is 9.47 Å². The Morgan fingerprint density at radius 3 is 2.95 bits per heavy atom. The number of halogens is 1. The molecule has 0 aliphatic heterocycles. The van der Waals surface area contributed by atoms with Gasteiger partial charge in [-0.2, -0.15) is 0 Å². The SMILES string of the molecule is CO[C@@H](C)OC(=O)Cn1c(=O)sc2cccc(Cl)c21. The molecule has 0 fully saturated rings. The van der Waals surface area contributed by atoms with Crippen LogP contribution in [0.3, 0.4) is 0 Å². The molecule has 102 valence electrons. The molecule has 2 rings (SSSR count). The fourth-order valence-corrected chi connectivity index (χ4v) is 2.87. The van der Waals surface area contributed by atoms with Crippen LogP contribution in [0.5, 0.6) is 0 Å². The highest BCUT2D eigenvalue weighted by atomic mass is 35.5. The molecule has 0 radical (unpaired) electrons. The number of rotatable bonds is 4. The molecular formula is C12H12ClNO4S. The van der Waals surface area contributed by atoms with Crippen LogP contribution in [0.4, 0.5) is 0 Å². The lowest BCUT2D eigenvalue weighted by molar-refractivity contribution is -0.170. The zero-order valence-electron chi connectivity index (χ0n) is 10.4. The summed E-state index contributed by atoms with van der Waals surface area (Å²) in [5.41, 5.74) is 0.557. The number of hydrogen-bond acceptors (Lipinski definition) is 5. The first kappa shape index (κ1) is 14.0. The molecule has 1 atom stereocenters. The van der Waals surface area contributed by atoms with Crippen molar-refractivity contribution in [3.8, 4) is 0 Å². The highest BCUT2D eigenvalue weighted by molar-refractivity contribution is 7.16. The summed E-state index contributed by atoms with van der Waals surface area (Å²) in [6.45, 7) is 1.41. The monoisotopic (exact) mass is 301 g/mol. The van der Waals surface area contributed by atoms with Gasteiger partial charge in [-0.25, -0.2) is 0 Å². The maximum atomic E-state index is 11.9. The first-order valence-electron chi connectivity index (χ1n) is 5.53. The third-order valence-corrected chi connectivity index (χ3v) is 3.80. The third kappa shape index (κ3) is 2.97. The molecule has 0 bridgehead atoms. The number of esters is 1. The number of carbonyl (C=O) groups is 1. The lowest BCUT2D eigenvalue weighted by Crippen LogP contribution is -2.24. The van der Waals surface area contributed by atoms with E-state index in [1.807, 2.05) is 0 Å². The minimum Gasteiger partial charge on any atom is -0.435 e. The Morgan fingerprint density at radius 1 is 1.53 bits per heavy atom. The maximum Gasteiger partial charge on any atom is 0.328 e. The lowest BCUT2D eigenvalue weighted by atomic mass is 10.3. The molecule has 0 aliphatic carbocycles. The molecule has 19 heavy (non-hydrogen) atoms. The van der Waals surface area contributed by atoms with E-state index < -0.39 is 12.3 Å². The second-order valence-electron chi connectivity index (χ2n) is 3.83. The minimum atomic E-state index is -0.649. The van der Waals surface area contributed by atoms with Gasteiger partial charge in [0, 0.05) is 7.11 Å². The average molecular weight is 302 g/mol. The van der Waals surface area contributed by atoms with Crippen molar-refractivity contribution >= 4 is 39.1 Å². The normalized spacial score (nSPS) is 12.6. The molecule has 0 saturated carbocycles. The van der Waals surface area contributed by atoms with Crippen LogP contribution < -0.4 is 4.87 Å². The van der Waals surface area contributed by atoms with E-state index in [-0.39, 0.29) is 11.4 Å². The van der Waals surface area contributed by atoms with E-state index in [9.17, 15) is 9.59 Å². The summed E-state index contributed by atoms with van der Waals surface area (Å²) in [5, 5.41) is 0.434. The van der Waals surface area contributed by atoms with Crippen LogP contribution in [0, 0.1) is 0 Å². The van der Waals surface area contributed by atoms with Gasteiger partial charge in [-0.05, 0) is 19.1 Å². The van der Waals surface area contributed by atoms with Crippen LogP contribution >= 0.6 is 22.9 Å². The number of hydrogen-bond donors (Lipinski definition) is 0. The summed E-state index contributed by atoms with van der Waals surface area (Å²) in [4.78, 5) is 23.3. The summed E-state index contributed by atoms with van der Waals surface area (Å²) in [6, 6.07) is 5.22. The molecule has 7 heteroatoms. The first-order chi connectivity index (χ1) is 9.02. The molecule has 1 heterocycles. The molecule has 0 N–H and O–H groups in total. The number of carbonyl (C=O) groups excluding carboxylic acids is 1. The number of ether oxygens (including phenoxy) is 2. The maximum absolute atomic E-state index is 11.9. The molecule has 0 aliphatic rings. The van der Waals surface area contributed by atoms with E-state index in [2.05, 4.69) is 0 Å². The Morgan fingerprint density at radius 2 is 2.26 bits per heavy atom. The van der Waals surface area contributed by atoms with Gasteiger partial charge in [0.25, 0.3) is 0 Å². The van der Waals surface area contributed by atoms with E-state index in [0.29, 0.717) is 10.5 Å². The molecule has 1 aromatic carbocycles. The van der Waals surface area contributed by atoms with Gasteiger partial charge in [0.2, 0.25) is 0 Å².